The molecule has 2 aromatic heterocycles. The van der Waals surface area contributed by atoms with E-state index in [-0.39, 0.29) is 0 Å². The van der Waals surface area contributed by atoms with E-state index < -0.39 is 0 Å². The van der Waals surface area contributed by atoms with Crippen molar-refractivity contribution in [1.82, 2.24) is 20.2 Å². The number of methoxy groups -OCH3 is 2. The van der Waals surface area contributed by atoms with Crippen molar-refractivity contribution in [3.05, 3.63) is 59.7 Å². The van der Waals surface area contributed by atoms with Crippen molar-refractivity contribution in [2.45, 2.75) is 17.3 Å². The first-order chi connectivity index (χ1) is 11.8. The molecule has 0 amide bonds. The van der Waals surface area contributed by atoms with Crippen LogP contribution >= 0.6 is 11.8 Å². The van der Waals surface area contributed by atoms with Crippen molar-refractivity contribution >= 4 is 11.8 Å². The lowest BCUT2D eigenvalue weighted by Crippen LogP contribution is -1.96. The molecular weight excluding hydrogens is 324 g/mol. The molecule has 0 aliphatic rings. The zero-order chi connectivity index (χ0) is 16.8. The van der Waals surface area contributed by atoms with Gasteiger partial charge in [0.2, 0.25) is 5.16 Å². The normalized spacial score (nSPS) is 10.6. The number of rotatable bonds is 7. The Balaban J connectivity index is 1.66. The summed E-state index contributed by atoms with van der Waals surface area (Å²) in [6, 6.07) is 11.6. The Morgan fingerprint density at radius 2 is 2.04 bits per heavy atom. The maximum absolute atomic E-state index is 5.42. The molecule has 3 aromatic rings. The van der Waals surface area contributed by atoms with Crippen LogP contribution in [0.3, 0.4) is 0 Å². The van der Waals surface area contributed by atoms with Crippen LogP contribution in [0, 0.1) is 0 Å². The molecule has 0 radical (unpaired) electrons. The third kappa shape index (κ3) is 4.05. The Morgan fingerprint density at radius 3 is 2.79 bits per heavy atom. The molecule has 0 atom stereocenters. The van der Waals surface area contributed by atoms with Crippen LogP contribution in [-0.4, -0.2) is 34.4 Å². The Labute approximate surface area is 144 Å². The third-order valence-electron chi connectivity index (χ3n) is 3.44. The van der Waals surface area contributed by atoms with Crippen LogP contribution in [0.2, 0.25) is 0 Å². The molecule has 24 heavy (non-hydrogen) atoms. The van der Waals surface area contributed by atoms with Crippen LogP contribution < -0.4 is 9.47 Å². The zero-order valence-electron chi connectivity index (χ0n) is 13.5. The zero-order valence-corrected chi connectivity index (χ0v) is 14.3. The van der Waals surface area contributed by atoms with E-state index in [0.29, 0.717) is 11.6 Å². The molecule has 124 valence electrons. The smallest absolute Gasteiger partial charge is 0.208 e. The second kappa shape index (κ2) is 7.83. The quantitative estimate of drug-likeness (QED) is 0.665. The highest BCUT2D eigenvalue weighted by Crippen LogP contribution is 2.26. The van der Waals surface area contributed by atoms with Crippen LogP contribution in [0.5, 0.6) is 11.5 Å². The van der Waals surface area contributed by atoms with Gasteiger partial charge in [-0.25, -0.2) is 4.98 Å². The van der Waals surface area contributed by atoms with E-state index >= 15 is 0 Å². The van der Waals surface area contributed by atoms with Crippen molar-refractivity contribution < 1.29 is 9.47 Å². The maximum Gasteiger partial charge on any atom is 0.208 e. The van der Waals surface area contributed by atoms with Gasteiger partial charge in [-0.15, -0.1) is 5.10 Å². The molecule has 0 fully saturated rings. The van der Waals surface area contributed by atoms with Crippen LogP contribution in [0.25, 0.3) is 0 Å². The topological polar surface area (TPSA) is 72.9 Å². The predicted octanol–water partition coefficient (Wildman–Crippen LogP) is 3.10. The number of benzene rings is 1. The summed E-state index contributed by atoms with van der Waals surface area (Å²) in [5.41, 5.74) is 2.03. The van der Waals surface area contributed by atoms with Crippen LogP contribution in [-0.2, 0) is 12.2 Å². The first kappa shape index (κ1) is 16.3. The summed E-state index contributed by atoms with van der Waals surface area (Å²) in [5, 5.41) is 7.94. The Morgan fingerprint density at radius 1 is 1.12 bits per heavy atom. The number of ether oxygens (including phenoxy) is 2. The van der Waals surface area contributed by atoms with Gasteiger partial charge in [0.1, 0.15) is 17.3 Å². The number of pyridine rings is 1. The summed E-state index contributed by atoms with van der Waals surface area (Å²) in [5.74, 6) is 3.07. The highest BCUT2D eigenvalue weighted by molar-refractivity contribution is 7.98. The first-order valence-electron chi connectivity index (χ1n) is 7.43. The standard InChI is InChI=1S/C17H18N4O2S/c1-22-14-7-6-12(15(10-14)23-2)9-16-19-17(21-20-16)24-11-13-5-3-4-8-18-13/h3-8,10H,9,11H2,1-2H3,(H,19,20,21). The monoisotopic (exact) mass is 342 g/mol. The van der Waals surface area contributed by atoms with E-state index in [1.807, 2.05) is 36.4 Å². The molecule has 0 bridgehead atoms. The molecule has 7 heteroatoms. The van der Waals surface area contributed by atoms with Crippen molar-refractivity contribution in [3.63, 3.8) is 0 Å². The van der Waals surface area contributed by atoms with E-state index in [4.69, 9.17) is 9.47 Å². The number of hydrogen-bond acceptors (Lipinski definition) is 6. The highest BCUT2D eigenvalue weighted by atomic mass is 32.2. The first-order valence-corrected chi connectivity index (χ1v) is 8.42. The Kier molecular flexibility index (Phi) is 5.32. The molecule has 0 aliphatic heterocycles. The molecular formula is C17H18N4O2S. The average Bonchev–Trinajstić information content (AvgIpc) is 3.08. The van der Waals surface area contributed by atoms with Crippen LogP contribution in [0.15, 0.2) is 47.8 Å². The summed E-state index contributed by atoms with van der Waals surface area (Å²) in [4.78, 5) is 8.81. The van der Waals surface area contributed by atoms with Crippen molar-refractivity contribution in [2.24, 2.45) is 0 Å². The minimum Gasteiger partial charge on any atom is -0.497 e. The van der Waals surface area contributed by atoms with Crippen molar-refractivity contribution in [1.29, 1.82) is 0 Å². The van der Waals surface area contributed by atoms with Gasteiger partial charge < -0.3 is 9.47 Å². The molecule has 3 rings (SSSR count). The summed E-state index contributed by atoms with van der Waals surface area (Å²) in [6.07, 6.45) is 2.40. The van der Waals surface area contributed by atoms with E-state index in [0.717, 1.165) is 34.3 Å². The average molecular weight is 342 g/mol. The van der Waals surface area contributed by atoms with Crippen molar-refractivity contribution in [2.75, 3.05) is 14.2 Å². The molecule has 2 heterocycles. The Hall–Kier alpha value is -2.54. The number of aromatic nitrogens is 4. The minimum atomic E-state index is 0.615. The van der Waals surface area contributed by atoms with Gasteiger partial charge in [0.15, 0.2) is 0 Å². The molecule has 0 unspecified atom stereocenters. The molecule has 0 saturated carbocycles. The SMILES string of the molecule is COc1ccc(Cc2nc(SCc3ccccn3)n[nH]2)c(OC)c1. The van der Waals surface area contributed by atoms with Gasteiger partial charge in [-0.1, -0.05) is 23.9 Å². The number of nitrogens with one attached hydrogen (secondary N) is 1. The number of thioether (sulfide) groups is 1. The minimum absolute atomic E-state index is 0.615. The second-order valence-corrected chi connectivity index (χ2v) is 5.97. The molecule has 1 aromatic carbocycles. The fourth-order valence-electron chi connectivity index (χ4n) is 2.22. The van der Waals surface area contributed by atoms with E-state index in [2.05, 4.69) is 20.2 Å². The lowest BCUT2D eigenvalue weighted by Gasteiger charge is -2.09. The number of nitrogens with zero attached hydrogens (tertiary/aromatic N) is 3. The molecule has 0 aliphatic carbocycles. The number of H-pyrrole nitrogens is 1. The second-order valence-electron chi connectivity index (χ2n) is 5.03. The van der Waals surface area contributed by atoms with E-state index in [1.54, 1.807) is 32.2 Å². The van der Waals surface area contributed by atoms with Crippen LogP contribution in [0.4, 0.5) is 0 Å². The van der Waals surface area contributed by atoms with E-state index in [9.17, 15) is 0 Å². The van der Waals surface area contributed by atoms with Crippen LogP contribution in [0.1, 0.15) is 17.1 Å². The lowest BCUT2D eigenvalue weighted by atomic mass is 10.1. The number of hydrogen-bond donors (Lipinski definition) is 1. The van der Waals surface area contributed by atoms with Gasteiger partial charge in [-0.05, 0) is 18.2 Å². The largest absolute Gasteiger partial charge is 0.497 e. The van der Waals surface area contributed by atoms with Gasteiger partial charge in [0.25, 0.3) is 0 Å². The fourth-order valence-corrected chi connectivity index (χ4v) is 2.95. The third-order valence-corrected chi connectivity index (χ3v) is 4.32. The molecule has 0 spiro atoms. The highest BCUT2D eigenvalue weighted by Gasteiger charge is 2.10. The van der Waals surface area contributed by atoms with Gasteiger partial charge in [0, 0.05) is 30.0 Å². The predicted molar refractivity (Wildman–Crippen MR) is 92.5 cm³/mol. The summed E-state index contributed by atoms with van der Waals surface area (Å²) >= 11 is 1.55. The molecule has 6 nitrogen and oxygen atoms in total. The van der Waals surface area contributed by atoms with Crippen molar-refractivity contribution in [3.8, 4) is 11.5 Å². The molecule has 1 N–H and O–H groups in total. The number of aromatic amines is 1. The Bertz CT molecular complexity index is 792. The fraction of sp³-hybridized carbons (Fsp3) is 0.235. The lowest BCUT2D eigenvalue weighted by molar-refractivity contribution is 0.391. The van der Waals surface area contributed by atoms with Gasteiger partial charge in [0.05, 0.1) is 19.9 Å². The summed E-state index contributed by atoms with van der Waals surface area (Å²) < 4.78 is 10.6. The summed E-state index contributed by atoms with van der Waals surface area (Å²) in [6.45, 7) is 0. The summed E-state index contributed by atoms with van der Waals surface area (Å²) in [7, 11) is 3.28. The maximum atomic E-state index is 5.42. The van der Waals surface area contributed by atoms with Gasteiger partial charge >= 0.3 is 0 Å². The van der Waals surface area contributed by atoms with Gasteiger partial charge in [-0.3, -0.25) is 10.1 Å². The van der Waals surface area contributed by atoms with Gasteiger partial charge in [-0.2, -0.15) is 0 Å². The van der Waals surface area contributed by atoms with E-state index in [1.165, 1.54) is 0 Å². The molecule has 0 saturated heterocycles.